The van der Waals surface area contributed by atoms with Crippen molar-refractivity contribution in [2.75, 3.05) is 6.54 Å². The highest BCUT2D eigenvalue weighted by Gasteiger charge is 2.40. The lowest BCUT2D eigenvalue weighted by atomic mass is 9.64. The number of halogens is 1. The van der Waals surface area contributed by atoms with E-state index >= 15 is 0 Å². The van der Waals surface area contributed by atoms with E-state index in [0.29, 0.717) is 11.0 Å². The lowest BCUT2D eigenvalue weighted by molar-refractivity contribution is -0.385. The van der Waals surface area contributed by atoms with Crippen molar-refractivity contribution in [3.05, 3.63) is 38.3 Å². The van der Waals surface area contributed by atoms with Gasteiger partial charge in [0.1, 0.15) is 0 Å². The maximum atomic E-state index is 10.8. The second-order valence-corrected chi connectivity index (χ2v) is 5.03. The average molecular weight is 285 g/mol. The van der Waals surface area contributed by atoms with Crippen molar-refractivity contribution in [2.45, 2.75) is 24.7 Å². The third kappa shape index (κ3) is 1.64. The third-order valence-corrected chi connectivity index (χ3v) is 4.28. The van der Waals surface area contributed by atoms with E-state index in [1.165, 1.54) is 6.07 Å². The Morgan fingerprint density at radius 1 is 1.50 bits per heavy atom. The van der Waals surface area contributed by atoms with Gasteiger partial charge in [0.25, 0.3) is 5.69 Å². The molecule has 0 spiro atoms. The number of nitro groups is 1. The molecule has 0 bridgehead atoms. The Balaban J connectivity index is 2.49. The van der Waals surface area contributed by atoms with E-state index in [2.05, 4.69) is 15.9 Å². The molecule has 0 unspecified atom stereocenters. The van der Waals surface area contributed by atoms with E-state index in [9.17, 15) is 10.1 Å². The minimum atomic E-state index is -0.365. The van der Waals surface area contributed by atoms with E-state index in [4.69, 9.17) is 5.73 Å². The summed E-state index contributed by atoms with van der Waals surface area (Å²) in [5.74, 6) is 0. The molecule has 16 heavy (non-hydrogen) atoms. The highest BCUT2D eigenvalue weighted by molar-refractivity contribution is 9.10. The van der Waals surface area contributed by atoms with E-state index in [0.717, 1.165) is 24.8 Å². The topological polar surface area (TPSA) is 69.2 Å². The molecule has 86 valence electrons. The second kappa shape index (κ2) is 4.14. The Morgan fingerprint density at radius 2 is 2.19 bits per heavy atom. The molecular weight excluding hydrogens is 272 g/mol. The van der Waals surface area contributed by atoms with Gasteiger partial charge in [0, 0.05) is 18.0 Å². The summed E-state index contributed by atoms with van der Waals surface area (Å²) in [7, 11) is 0. The van der Waals surface area contributed by atoms with Crippen LogP contribution in [0.15, 0.2) is 22.7 Å². The summed E-state index contributed by atoms with van der Waals surface area (Å²) in [4.78, 5) is 10.5. The number of nitro benzene ring substituents is 1. The lowest BCUT2D eigenvalue weighted by Crippen LogP contribution is -2.41. The van der Waals surface area contributed by atoms with Gasteiger partial charge in [0.2, 0.25) is 0 Å². The number of nitrogens with zero attached hydrogens (tertiary/aromatic N) is 1. The minimum absolute atomic E-state index is 0.0507. The zero-order valence-corrected chi connectivity index (χ0v) is 10.4. The van der Waals surface area contributed by atoms with Crippen LogP contribution < -0.4 is 5.73 Å². The van der Waals surface area contributed by atoms with E-state index in [-0.39, 0.29) is 16.0 Å². The molecule has 5 heteroatoms. The van der Waals surface area contributed by atoms with Crippen LogP contribution in [0, 0.1) is 10.1 Å². The first-order valence-corrected chi connectivity index (χ1v) is 6.03. The predicted molar refractivity (Wildman–Crippen MR) is 65.4 cm³/mol. The summed E-state index contributed by atoms with van der Waals surface area (Å²) in [6.45, 7) is 0.548. The zero-order valence-electron chi connectivity index (χ0n) is 8.78. The second-order valence-electron chi connectivity index (χ2n) is 4.23. The normalized spacial score (nSPS) is 17.9. The Labute approximate surface area is 102 Å². The zero-order chi connectivity index (χ0) is 11.8. The highest BCUT2D eigenvalue weighted by Crippen LogP contribution is 2.47. The van der Waals surface area contributed by atoms with Crippen LogP contribution in [0.2, 0.25) is 0 Å². The molecule has 0 heterocycles. The van der Waals surface area contributed by atoms with Crippen molar-refractivity contribution in [3.8, 4) is 0 Å². The average Bonchev–Trinajstić information content (AvgIpc) is 2.19. The van der Waals surface area contributed by atoms with Crippen molar-refractivity contribution in [2.24, 2.45) is 5.73 Å². The minimum Gasteiger partial charge on any atom is -0.330 e. The molecule has 1 fully saturated rings. The fourth-order valence-electron chi connectivity index (χ4n) is 2.26. The summed E-state index contributed by atoms with van der Waals surface area (Å²) in [6.07, 6.45) is 3.18. The molecule has 2 rings (SSSR count). The maximum absolute atomic E-state index is 10.8. The molecule has 1 aliphatic carbocycles. The van der Waals surface area contributed by atoms with Crippen molar-refractivity contribution in [1.29, 1.82) is 0 Å². The van der Waals surface area contributed by atoms with Gasteiger partial charge in [-0.05, 0) is 34.3 Å². The van der Waals surface area contributed by atoms with Crippen molar-refractivity contribution in [3.63, 3.8) is 0 Å². The van der Waals surface area contributed by atoms with Gasteiger partial charge in [0.15, 0.2) is 0 Å². The standard InChI is InChI=1S/C11H13BrN2O2/c12-10-8(11(7-13)5-2-6-11)3-1-4-9(10)14(15)16/h1,3-4H,2,5-7,13H2. The monoisotopic (exact) mass is 284 g/mol. The Hall–Kier alpha value is -0.940. The Morgan fingerprint density at radius 3 is 2.62 bits per heavy atom. The highest BCUT2D eigenvalue weighted by atomic mass is 79.9. The Kier molecular flexibility index (Phi) is 2.99. The first-order valence-electron chi connectivity index (χ1n) is 5.24. The molecule has 1 aromatic carbocycles. The van der Waals surface area contributed by atoms with Gasteiger partial charge in [-0.15, -0.1) is 0 Å². The quantitative estimate of drug-likeness (QED) is 0.685. The van der Waals surface area contributed by atoms with Crippen LogP contribution in [0.5, 0.6) is 0 Å². The molecule has 4 nitrogen and oxygen atoms in total. The predicted octanol–water partition coefficient (Wildman–Crippen LogP) is 2.74. The maximum Gasteiger partial charge on any atom is 0.283 e. The van der Waals surface area contributed by atoms with Crippen LogP contribution in [0.1, 0.15) is 24.8 Å². The first kappa shape index (κ1) is 11.5. The Bertz CT molecular complexity index is 424. The van der Waals surface area contributed by atoms with Gasteiger partial charge >= 0.3 is 0 Å². The SMILES string of the molecule is NCC1(c2cccc([N+](=O)[O-])c2Br)CCC1. The summed E-state index contributed by atoms with van der Waals surface area (Å²) in [6, 6.07) is 5.17. The molecule has 0 amide bonds. The van der Waals surface area contributed by atoms with Gasteiger partial charge in [-0.2, -0.15) is 0 Å². The van der Waals surface area contributed by atoms with E-state index < -0.39 is 0 Å². The molecule has 2 N–H and O–H groups in total. The molecule has 1 saturated carbocycles. The van der Waals surface area contributed by atoms with Crippen LogP contribution in [-0.2, 0) is 5.41 Å². The molecule has 0 atom stereocenters. The summed E-state index contributed by atoms with van der Waals surface area (Å²) >= 11 is 3.34. The van der Waals surface area contributed by atoms with Crippen molar-refractivity contribution < 1.29 is 4.92 Å². The molecule has 0 saturated heterocycles. The number of hydrogen-bond donors (Lipinski definition) is 1. The summed E-state index contributed by atoms with van der Waals surface area (Å²) in [5, 5.41) is 10.8. The third-order valence-electron chi connectivity index (χ3n) is 3.45. The van der Waals surface area contributed by atoms with Crippen LogP contribution in [-0.4, -0.2) is 11.5 Å². The number of hydrogen-bond acceptors (Lipinski definition) is 3. The van der Waals surface area contributed by atoms with Crippen molar-refractivity contribution in [1.82, 2.24) is 0 Å². The van der Waals surface area contributed by atoms with E-state index in [1.54, 1.807) is 6.07 Å². The molecule has 1 aromatic rings. The van der Waals surface area contributed by atoms with Gasteiger partial charge in [-0.1, -0.05) is 18.6 Å². The van der Waals surface area contributed by atoms with Crippen molar-refractivity contribution >= 4 is 21.6 Å². The van der Waals surface area contributed by atoms with Gasteiger partial charge < -0.3 is 5.73 Å². The number of benzene rings is 1. The molecule has 1 aliphatic rings. The molecule has 0 aliphatic heterocycles. The van der Waals surface area contributed by atoms with E-state index in [1.807, 2.05) is 6.07 Å². The largest absolute Gasteiger partial charge is 0.330 e. The number of nitrogens with two attached hydrogens (primary N) is 1. The fourth-order valence-corrected chi connectivity index (χ4v) is 3.09. The molecule has 0 radical (unpaired) electrons. The van der Waals surface area contributed by atoms with Crippen LogP contribution in [0.25, 0.3) is 0 Å². The molecule has 0 aromatic heterocycles. The smallest absolute Gasteiger partial charge is 0.283 e. The number of rotatable bonds is 3. The van der Waals surface area contributed by atoms with Gasteiger partial charge in [-0.3, -0.25) is 10.1 Å². The lowest BCUT2D eigenvalue weighted by Gasteiger charge is -2.41. The first-order chi connectivity index (χ1) is 7.60. The van der Waals surface area contributed by atoms with Crippen LogP contribution >= 0.6 is 15.9 Å². The van der Waals surface area contributed by atoms with Gasteiger partial charge in [0.05, 0.1) is 9.40 Å². The summed E-state index contributed by atoms with van der Waals surface area (Å²) in [5.41, 5.74) is 6.86. The summed E-state index contributed by atoms with van der Waals surface area (Å²) < 4.78 is 0.588. The van der Waals surface area contributed by atoms with Crippen LogP contribution in [0.3, 0.4) is 0 Å². The van der Waals surface area contributed by atoms with Gasteiger partial charge in [-0.25, -0.2) is 0 Å². The van der Waals surface area contributed by atoms with Crippen LogP contribution in [0.4, 0.5) is 5.69 Å². The fraction of sp³-hybridized carbons (Fsp3) is 0.455. The molecular formula is C11H13BrN2O2.